The SMILES string of the molecule is C=C.CC(C=O)Cc1cccc(C(C)(C)C)c1. The number of carbonyl (C=O) groups excluding carboxylic acids is 1. The Morgan fingerprint density at radius 2 is 1.88 bits per heavy atom. The molecule has 0 amide bonds. The summed E-state index contributed by atoms with van der Waals surface area (Å²) in [6, 6.07) is 8.53. The van der Waals surface area contributed by atoms with Gasteiger partial charge in [0.15, 0.2) is 0 Å². The predicted molar refractivity (Wildman–Crippen MR) is 75.3 cm³/mol. The Kier molecular flexibility index (Phi) is 6.48. The molecule has 1 atom stereocenters. The Bertz CT molecular complexity index is 347. The average Bonchev–Trinajstić information content (AvgIpc) is 2.31. The molecule has 1 heteroatoms. The zero-order valence-corrected chi connectivity index (χ0v) is 11.5. The van der Waals surface area contributed by atoms with E-state index < -0.39 is 0 Å². The smallest absolute Gasteiger partial charge is 0.123 e. The maximum Gasteiger partial charge on any atom is 0.123 e. The highest BCUT2D eigenvalue weighted by atomic mass is 16.1. The fourth-order valence-electron chi connectivity index (χ4n) is 1.58. The molecule has 0 aliphatic rings. The van der Waals surface area contributed by atoms with Gasteiger partial charge in [0.05, 0.1) is 0 Å². The second-order valence-electron chi connectivity index (χ2n) is 5.27. The van der Waals surface area contributed by atoms with Crippen molar-refractivity contribution in [3.05, 3.63) is 48.6 Å². The first-order chi connectivity index (χ1) is 7.93. The van der Waals surface area contributed by atoms with Crippen LogP contribution >= 0.6 is 0 Å². The number of rotatable bonds is 3. The topological polar surface area (TPSA) is 17.1 Å². The lowest BCUT2D eigenvalue weighted by atomic mass is 9.85. The maximum absolute atomic E-state index is 10.6. The molecule has 0 N–H and O–H groups in total. The third kappa shape index (κ3) is 5.48. The van der Waals surface area contributed by atoms with Crippen LogP contribution < -0.4 is 0 Å². The second kappa shape index (κ2) is 7.05. The predicted octanol–water partition coefficient (Wildman–Crippen LogP) is 4.16. The van der Waals surface area contributed by atoms with E-state index in [1.54, 1.807) is 0 Å². The number of carbonyl (C=O) groups is 1. The molecule has 0 heterocycles. The van der Waals surface area contributed by atoms with Crippen molar-refractivity contribution in [1.29, 1.82) is 0 Å². The summed E-state index contributed by atoms with van der Waals surface area (Å²) in [5.41, 5.74) is 2.76. The van der Waals surface area contributed by atoms with Crippen LogP contribution in [-0.4, -0.2) is 6.29 Å². The molecule has 94 valence electrons. The van der Waals surface area contributed by atoms with Crippen molar-refractivity contribution in [2.24, 2.45) is 5.92 Å². The first kappa shape index (κ1) is 15.6. The van der Waals surface area contributed by atoms with Crippen molar-refractivity contribution in [1.82, 2.24) is 0 Å². The van der Waals surface area contributed by atoms with E-state index in [0.717, 1.165) is 12.7 Å². The van der Waals surface area contributed by atoms with E-state index >= 15 is 0 Å². The lowest BCUT2D eigenvalue weighted by molar-refractivity contribution is -0.110. The van der Waals surface area contributed by atoms with E-state index in [1.165, 1.54) is 11.1 Å². The minimum Gasteiger partial charge on any atom is -0.303 e. The Morgan fingerprint density at radius 3 is 2.35 bits per heavy atom. The van der Waals surface area contributed by atoms with E-state index in [9.17, 15) is 4.79 Å². The summed E-state index contributed by atoms with van der Waals surface area (Å²) in [5, 5.41) is 0. The Hall–Kier alpha value is -1.37. The highest BCUT2D eigenvalue weighted by Crippen LogP contribution is 2.23. The molecule has 0 bridgehead atoms. The highest BCUT2D eigenvalue weighted by Gasteiger charge is 2.13. The van der Waals surface area contributed by atoms with Crippen LogP contribution in [0.5, 0.6) is 0 Å². The molecule has 0 radical (unpaired) electrons. The minimum absolute atomic E-state index is 0.111. The highest BCUT2D eigenvalue weighted by molar-refractivity contribution is 5.53. The first-order valence-electron chi connectivity index (χ1n) is 5.98. The van der Waals surface area contributed by atoms with E-state index in [4.69, 9.17) is 0 Å². The number of hydrogen-bond acceptors (Lipinski definition) is 1. The summed E-state index contributed by atoms with van der Waals surface area (Å²) in [6.45, 7) is 14.6. The third-order valence-corrected chi connectivity index (χ3v) is 2.58. The monoisotopic (exact) mass is 232 g/mol. The molecular weight excluding hydrogens is 208 g/mol. The lowest BCUT2D eigenvalue weighted by Gasteiger charge is -2.20. The van der Waals surface area contributed by atoms with Crippen LogP contribution in [0, 0.1) is 5.92 Å². The molecule has 0 aliphatic carbocycles. The van der Waals surface area contributed by atoms with Gasteiger partial charge in [-0.05, 0) is 23.0 Å². The van der Waals surface area contributed by atoms with Gasteiger partial charge < -0.3 is 4.79 Å². The van der Waals surface area contributed by atoms with E-state index in [-0.39, 0.29) is 11.3 Å². The molecule has 1 aromatic rings. The molecule has 1 aromatic carbocycles. The lowest BCUT2D eigenvalue weighted by Crippen LogP contribution is -2.11. The zero-order valence-electron chi connectivity index (χ0n) is 11.5. The van der Waals surface area contributed by atoms with Crippen LogP contribution in [0.25, 0.3) is 0 Å². The van der Waals surface area contributed by atoms with Crippen molar-refractivity contribution in [2.75, 3.05) is 0 Å². The zero-order chi connectivity index (χ0) is 13.5. The minimum atomic E-state index is 0.111. The van der Waals surface area contributed by atoms with E-state index in [0.29, 0.717) is 0 Å². The van der Waals surface area contributed by atoms with Gasteiger partial charge in [-0.1, -0.05) is 52.0 Å². The van der Waals surface area contributed by atoms with Gasteiger partial charge in [-0.15, -0.1) is 13.2 Å². The van der Waals surface area contributed by atoms with Gasteiger partial charge in [0, 0.05) is 5.92 Å². The third-order valence-electron chi connectivity index (χ3n) is 2.58. The molecule has 0 aromatic heterocycles. The normalized spacial score (nSPS) is 12.2. The molecule has 1 rings (SSSR count). The molecular formula is C16H24O. The summed E-state index contributed by atoms with van der Waals surface area (Å²) in [6.07, 6.45) is 1.86. The fraction of sp³-hybridized carbons (Fsp3) is 0.438. The number of aldehydes is 1. The van der Waals surface area contributed by atoms with Crippen molar-refractivity contribution in [2.45, 2.75) is 39.5 Å². The second-order valence-corrected chi connectivity index (χ2v) is 5.27. The number of hydrogen-bond donors (Lipinski definition) is 0. The quantitative estimate of drug-likeness (QED) is 0.565. The van der Waals surface area contributed by atoms with Crippen LogP contribution in [0.1, 0.15) is 38.8 Å². The fourth-order valence-corrected chi connectivity index (χ4v) is 1.58. The van der Waals surface area contributed by atoms with Crippen LogP contribution in [0.15, 0.2) is 37.4 Å². The summed E-state index contributed by atoms with van der Waals surface area (Å²) >= 11 is 0. The summed E-state index contributed by atoms with van der Waals surface area (Å²) in [4.78, 5) is 10.6. The summed E-state index contributed by atoms with van der Waals surface area (Å²) in [7, 11) is 0. The molecule has 17 heavy (non-hydrogen) atoms. The van der Waals surface area contributed by atoms with Crippen molar-refractivity contribution < 1.29 is 4.79 Å². The van der Waals surface area contributed by atoms with Crippen LogP contribution in [0.2, 0.25) is 0 Å². The van der Waals surface area contributed by atoms with Crippen LogP contribution in [0.4, 0.5) is 0 Å². The van der Waals surface area contributed by atoms with E-state index in [2.05, 4.69) is 58.2 Å². The van der Waals surface area contributed by atoms with Crippen LogP contribution in [-0.2, 0) is 16.6 Å². The van der Waals surface area contributed by atoms with Crippen molar-refractivity contribution in [3.63, 3.8) is 0 Å². The van der Waals surface area contributed by atoms with Crippen molar-refractivity contribution >= 4 is 6.29 Å². The molecule has 1 nitrogen and oxygen atoms in total. The van der Waals surface area contributed by atoms with Gasteiger partial charge in [0.1, 0.15) is 6.29 Å². The molecule has 1 unspecified atom stereocenters. The van der Waals surface area contributed by atoms with Crippen LogP contribution in [0.3, 0.4) is 0 Å². The Balaban J connectivity index is 0.00000121. The molecule has 0 spiro atoms. The van der Waals surface area contributed by atoms with Gasteiger partial charge >= 0.3 is 0 Å². The number of benzene rings is 1. The molecule has 0 saturated heterocycles. The molecule has 0 fully saturated rings. The first-order valence-corrected chi connectivity index (χ1v) is 5.98. The van der Waals surface area contributed by atoms with Gasteiger partial charge in [-0.3, -0.25) is 0 Å². The average molecular weight is 232 g/mol. The van der Waals surface area contributed by atoms with Gasteiger partial charge in [0.2, 0.25) is 0 Å². The Morgan fingerprint density at radius 1 is 1.29 bits per heavy atom. The van der Waals surface area contributed by atoms with Gasteiger partial charge in [-0.2, -0.15) is 0 Å². The maximum atomic E-state index is 10.6. The molecule has 0 aliphatic heterocycles. The standard InChI is InChI=1S/C14H20O.C2H4/c1-11(10-15)8-12-6-5-7-13(9-12)14(2,3)4;1-2/h5-7,9-11H,8H2,1-4H3;1-2H2. The Labute approximate surface area is 106 Å². The summed E-state index contributed by atoms with van der Waals surface area (Å²) < 4.78 is 0. The van der Waals surface area contributed by atoms with E-state index in [1.807, 2.05) is 6.92 Å². The van der Waals surface area contributed by atoms with Gasteiger partial charge in [-0.25, -0.2) is 0 Å². The summed E-state index contributed by atoms with van der Waals surface area (Å²) in [5.74, 6) is 0.111. The van der Waals surface area contributed by atoms with Crippen molar-refractivity contribution in [3.8, 4) is 0 Å². The van der Waals surface area contributed by atoms with Gasteiger partial charge in [0.25, 0.3) is 0 Å². The largest absolute Gasteiger partial charge is 0.303 e. The molecule has 0 saturated carbocycles.